The zero-order chi connectivity index (χ0) is 10.3. The average Bonchev–Trinajstić information content (AvgIpc) is 2.77. The third-order valence-electron chi connectivity index (χ3n) is 3.14. The molecular formula is C11H11Cl3. The second kappa shape index (κ2) is 3.59. The van der Waals surface area contributed by atoms with Crippen LogP contribution in [0.5, 0.6) is 0 Å². The Morgan fingerprint density at radius 1 is 1.43 bits per heavy atom. The predicted molar refractivity (Wildman–Crippen MR) is 62.6 cm³/mol. The van der Waals surface area contributed by atoms with Gasteiger partial charge in [0.05, 0.1) is 0 Å². The molecule has 0 aromatic heterocycles. The molecule has 1 fully saturated rings. The summed E-state index contributed by atoms with van der Waals surface area (Å²) < 4.78 is 0. The Bertz CT molecular complexity index is 362. The first-order valence-electron chi connectivity index (χ1n) is 4.59. The summed E-state index contributed by atoms with van der Waals surface area (Å²) in [5.41, 5.74) is 1.35. The molecule has 2 atom stereocenters. The predicted octanol–water partition coefficient (Wildman–Crippen LogP) is 4.51. The number of halogens is 3. The van der Waals surface area contributed by atoms with Crippen molar-refractivity contribution in [2.24, 2.45) is 5.92 Å². The van der Waals surface area contributed by atoms with Crippen molar-refractivity contribution >= 4 is 34.8 Å². The van der Waals surface area contributed by atoms with Gasteiger partial charge in [-0.05, 0) is 35.4 Å². The molecule has 0 bridgehead atoms. The molecule has 1 aromatic carbocycles. The highest BCUT2D eigenvalue weighted by Gasteiger charge is 2.51. The minimum atomic E-state index is 0.170. The van der Waals surface area contributed by atoms with Crippen LogP contribution in [-0.4, -0.2) is 5.88 Å². The number of alkyl halides is 1. The largest absolute Gasteiger partial charge is 0.126 e. The van der Waals surface area contributed by atoms with Gasteiger partial charge in [0.2, 0.25) is 0 Å². The van der Waals surface area contributed by atoms with E-state index in [1.54, 1.807) is 6.07 Å². The molecule has 1 aliphatic carbocycles. The molecule has 1 saturated carbocycles. The molecule has 0 amide bonds. The third kappa shape index (κ3) is 1.64. The van der Waals surface area contributed by atoms with Crippen LogP contribution in [0.4, 0.5) is 0 Å². The van der Waals surface area contributed by atoms with Crippen molar-refractivity contribution in [3.63, 3.8) is 0 Å². The molecule has 0 saturated heterocycles. The number of rotatable bonds is 2. The molecule has 0 aliphatic heterocycles. The Hall–Kier alpha value is 0.0900. The summed E-state index contributed by atoms with van der Waals surface area (Å²) in [6.45, 7) is 2.20. The van der Waals surface area contributed by atoms with Gasteiger partial charge in [0.25, 0.3) is 0 Å². The van der Waals surface area contributed by atoms with Crippen molar-refractivity contribution < 1.29 is 0 Å². The smallest absolute Gasteiger partial charge is 0.0458 e. The van der Waals surface area contributed by atoms with Crippen molar-refractivity contribution in [1.29, 1.82) is 0 Å². The molecule has 0 radical (unpaired) electrons. The zero-order valence-corrected chi connectivity index (χ0v) is 10.1. The first-order chi connectivity index (χ1) is 6.58. The standard InChI is InChI=1S/C11H11Cl3/c1-11(5-7(11)6-12)9-3-2-8(13)4-10(9)14/h2-4,7H,5-6H2,1H3. The molecule has 0 spiro atoms. The molecular weight excluding hydrogens is 238 g/mol. The lowest BCUT2D eigenvalue weighted by molar-refractivity contribution is 0.706. The van der Waals surface area contributed by atoms with E-state index in [1.807, 2.05) is 12.1 Å². The van der Waals surface area contributed by atoms with Crippen molar-refractivity contribution in [2.45, 2.75) is 18.8 Å². The van der Waals surface area contributed by atoms with Gasteiger partial charge in [-0.2, -0.15) is 0 Å². The van der Waals surface area contributed by atoms with E-state index in [9.17, 15) is 0 Å². The second-order valence-electron chi connectivity index (χ2n) is 4.10. The lowest BCUT2D eigenvalue weighted by Crippen LogP contribution is -2.05. The van der Waals surface area contributed by atoms with Crippen molar-refractivity contribution in [1.82, 2.24) is 0 Å². The van der Waals surface area contributed by atoms with E-state index in [-0.39, 0.29) is 5.41 Å². The van der Waals surface area contributed by atoms with E-state index in [4.69, 9.17) is 34.8 Å². The molecule has 1 aliphatic rings. The fraction of sp³-hybridized carbons (Fsp3) is 0.455. The molecule has 0 N–H and O–H groups in total. The van der Waals surface area contributed by atoms with Crippen molar-refractivity contribution in [3.8, 4) is 0 Å². The summed E-state index contributed by atoms with van der Waals surface area (Å²) in [6.07, 6.45) is 1.12. The van der Waals surface area contributed by atoms with Crippen LogP contribution in [-0.2, 0) is 5.41 Å². The number of hydrogen-bond acceptors (Lipinski definition) is 0. The first-order valence-corrected chi connectivity index (χ1v) is 5.88. The number of hydrogen-bond donors (Lipinski definition) is 0. The van der Waals surface area contributed by atoms with Gasteiger partial charge < -0.3 is 0 Å². The first kappa shape index (κ1) is 10.6. The van der Waals surface area contributed by atoms with Gasteiger partial charge in [0.1, 0.15) is 0 Å². The summed E-state index contributed by atoms with van der Waals surface area (Å²) in [6, 6.07) is 5.70. The van der Waals surface area contributed by atoms with Gasteiger partial charge in [-0.1, -0.05) is 36.2 Å². The Morgan fingerprint density at radius 3 is 2.64 bits per heavy atom. The van der Waals surface area contributed by atoms with Gasteiger partial charge in [-0.3, -0.25) is 0 Å². The van der Waals surface area contributed by atoms with E-state index in [1.165, 1.54) is 5.56 Å². The van der Waals surface area contributed by atoms with Crippen LogP contribution in [0.3, 0.4) is 0 Å². The molecule has 0 heterocycles. The Labute approximate surface area is 99.2 Å². The molecule has 3 heteroatoms. The molecule has 2 unspecified atom stereocenters. The second-order valence-corrected chi connectivity index (χ2v) is 5.25. The maximum absolute atomic E-state index is 6.15. The van der Waals surface area contributed by atoms with Gasteiger partial charge in [-0.25, -0.2) is 0 Å². The van der Waals surface area contributed by atoms with Crippen LogP contribution in [0.25, 0.3) is 0 Å². The van der Waals surface area contributed by atoms with Gasteiger partial charge >= 0.3 is 0 Å². The van der Waals surface area contributed by atoms with Crippen molar-refractivity contribution in [3.05, 3.63) is 33.8 Å². The lowest BCUT2D eigenvalue weighted by atomic mass is 9.96. The average molecular weight is 250 g/mol. The fourth-order valence-electron chi connectivity index (χ4n) is 1.96. The van der Waals surface area contributed by atoms with Crippen LogP contribution in [0.15, 0.2) is 18.2 Å². The van der Waals surface area contributed by atoms with Crippen LogP contribution in [0.2, 0.25) is 10.0 Å². The Kier molecular flexibility index (Phi) is 2.72. The summed E-state index contributed by atoms with van der Waals surface area (Å²) in [7, 11) is 0. The van der Waals surface area contributed by atoms with Crippen LogP contribution < -0.4 is 0 Å². The van der Waals surface area contributed by atoms with Gasteiger partial charge in [-0.15, -0.1) is 11.6 Å². The Balaban J connectivity index is 2.34. The molecule has 0 nitrogen and oxygen atoms in total. The number of benzene rings is 1. The van der Waals surface area contributed by atoms with E-state index in [0.717, 1.165) is 11.4 Å². The third-order valence-corrected chi connectivity index (χ3v) is 4.06. The normalized spacial score (nSPS) is 30.4. The molecule has 76 valence electrons. The van der Waals surface area contributed by atoms with Crippen LogP contribution in [0.1, 0.15) is 18.9 Å². The summed E-state index contributed by atoms with van der Waals surface area (Å²) in [4.78, 5) is 0. The van der Waals surface area contributed by atoms with Crippen LogP contribution >= 0.6 is 34.8 Å². The summed E-state index contributed by atoms with van der Waals surface area (Å²) in [5, 5.41) is 1.44. The van der Waals surface area contributed by atoms with E-state index >= 15 is 0 Å². The molecule has 1 aromatic rings. The van der Waals surface area contributed by atoms with Gasteiger partial charge in [0, 0.05) is 15.9 Å². The molecule has 14 heavy (non-hydrogen) atoms. The maximum atomic E-state index is 6.15. The molecule has 2 rings (SSSR count). The maximum Gasteiger partial charge on any atom is 0.0458 e. The highest BCUT2D eigenvalue weighted by Crippen LogP contribution is 2.56. The SMILES string of the molecule is CC1(c2ccc(Cl)cc2Cl)CC1CCl. The highest BCUT2D eigenvalue weighted by atomic mass is 35.5. The minimum Gasteiger partial charge on any atom is -0.126 e. The van der Waals surface area contributed by atoms with E-state index < -0.39 is 0 Å². The quantitative estimate of drug-likeness (QED) is 0.677. The lowest BCUT2D eigenvalue weighted by Gasteiger charge is -2.13. The summed E-state index contributed by atoms with van der Waals surface area (Å²) >= 11 is 17.8. The van der Waals surface area contributed by atoms with E-state index in [0.29, 0.717) is 16.8 Å². The van der Waals surface area contributed by atoms with Gasteiger partial charge in [0.15, 0.2) is 0 Å². The monoisotopic (exact) mass is 248 g/mol. The fourth-order valence-corrected chi connectivity index (χ4v) is 3.03. The minimum absolute atomic E-state index is 0.170. The Morgan fingerprint density at radius 2 is 2.14 bits per heavy atom. The summed E-state index contributed by atoms with van der Waals surface area (Å²) in [5.74, 6) is 1.26. The van der Waals surface area contributed by atoms with Crippen LogP contribution in [0, 0.1) is 5.92 Å². The highest BCUT2D eigenvalue weighted by molar-refractivity contribution is 6.35. The topological polar surface area (TPSA) is 0 Å². The zero-order valence-electron chi connectivity index (χ0n) is 7.86. The van der Waals surface area contributed by atoms with E-state index in [2.05, 4.69) is 6.92 Å². The van der Waals surface area contributed by atoms with Crippen molar-refractivity contribution in [2.75, 3.05) is 5.88 Å².